The van der Waals surface area contributed by atoms with Crippen LogP contribution in [0.2, 0.25) is 0 Å². The van der Waals surface area contributed by atoms with Crippen molar-refractivity contribution < 1.29 is 13.6 Å². The van der Waals surface area contributed by atoms with Crippen molar-refractivity contribution in [2.45, 2.75) is 20.2 Å². The summed E-state index contributed by atoms with van der Waals surface area (Å²) in [5.41, 5.74) is 0. The van der Waals surface area contributed by atoms with Crippen LogP contribution < -0.4 is 0 Å². The summed E-state index contributed by atoms with van der Waals surface area (Å²) >= 11 is 0. The van der Waals surface area contributed by atoms with Crippen LogP contribution in [0, 0.1) is 5.92 Å². The molecular formula is C6H12O2. The van der Waals surface area contributed by atoms with Gasteiger partial charge in [0, 0.05) is 4.11 Å². The summed E-state index contributed by atoms with van der Waals surface area (Å²) in [7, 11) is 1.19. The van der Waals surface area contributed by atoms with Crippen molar-refractivity contribution >= 4 is 5.97 Å². The van der Waals surface area contributed by atoms with Crippen LogP contribution >= 0.6 is 0 Å². The molecule has 0 aliphatic rings. The SMILES string of the molecule is [2H]C([2H])([2H])C(CC)C(=O)OC. The molecule has 0 radical (unpaired) electrons. The van der Waals surface area contributed by atoms with Gasteiger partial charge in [-0.15, -0.1) is 0 Å². The Morgan fingerprint density at radius 1 is 2.00 bits per heavy atom. The number of esters is 1. The summed E-state index contributed by atoms with van der Waals surface area (Å²) in [5, 5.41) is 0. The Bertz CT molecular complexity index is 141. The molecule has 0 spiro atoms. The van der Waals surface area contributed by atoms with E-state index in [1.165, 1.54) is 7.11 Å². The number of methoxy groups -OCH3 is 1. The Labute approximate surface area is 54.1 Å². The minimum absolute atomic E-state index is 0.281. The van der Waals surface area contributed by atoms with Crippen molar-refractivity contribution in [3.05, 3.63) is 0 Å². The van der Waals surface area contributed by atoms with Gasteiger partial charge < -0.3 is 4.74 Å². The molecule has 2 nitrogen and oxygen atoms in total. The zero-order chi connectivity index (χ0) is 9.07. The molecule has 0 aliphatic carbocycles. The molecule has 0 rings (SSSR count). The number of rotatable bonds is 2. The van der Waals surface area contributed by atoms with Crippen LogP contribution in [0.25, 0.3) is 0 Å². The van der Waals surface area contributed by atoms with Gasteiger partial charge in [0.25, 0.3) is 0 Å². The molecule has 8 heavy (non-hydrogen) atoms. The third-order valence-corrected chi connectivity index (χ3v) is 0.894. The quantitative estimate of drug-likeness (QED) is 0.511. The average molecular weight is 119 g/mol. The summed E-state index contributed by atoms with van der Waals surface area (Å²) < 4.78 is 25.2. The van der Waals surface area contributed by atoms with Gasteiger partial charge in [0.05, 0.1) is 13.0 Å². The lowest BCUT2D eigenvalue weighted by Crippen LogP contribution is -2.10. The van der Waals surface area contributed by atoms with E-state index in [1.54, 1.807) is 6.92 Å². The van der Waals surface area contributed by atoms with Gasteiger partial charge in [-0.2, -0.15) is 0 Å². The fourth-order valence-electron chi connectivity index (χ4n) is 0.309. The van der Waals surface area contributed by atoms with Gasteiger partial charge in [-0.25, -0.2) is 0 Å². The van der Waals surface area contributed by atoms with Crippen molar-refractivity contribution in [2.75, 3.05) is 7.11 Å². The monoisotopic (exact) mass is 119 g/mol. The number of hydrogen-bond acceptors (Lipinski definition) is 2. The first-order chi connectivity index (χ1) is 4.93. The van der Waals surface area contributed by atoms with Gasteiger partial charge in [0.15, 0.2) is 0 Å². The predicted molar refractivity (Wildman–Crippen MR) is 31.5 cm³/mol. The van der Waals surface area contributed by atoms with Crippen molar-refractivity contribution in [3.8, 4) is 0 Å². The zero-order valence-electron chi connectivity index (χ0n) is 8.10. The van der Waals surface area contributed by atoms with Crippen LogP contribution in [-0.2, 0) is 9.53 Å². The molecule has 0 fully saturated rings. The van der Waals surface area contributed by atoms with Gasteiger partial charge in [-0.1, -0.05) is 13.8 Å². The lowest BCUT2D eigenvalue weighted by molar-refractivity contribution is -0.144. The Balaban J connectivity index is 4.29. The van der Waals surface area contributed by atoms with E-state index in [0.29, 0.717) is 0 Å². The van der Waals surface area contributed by atoms with E-state index in [4.69, 9.17) is 4.11 Å². The van der Waals surface area contributed by atoms with Crippen molar-refractivity contribution in [1.29, 1.82) is 0 Å². The Morgan fingerprint density at radius 2 is 2.62 bits per heavy atom. The highest BCUT2D eigenvalue weighted by Gasteiger charge is 2.08. The fraction of sp³-hybridized carbons (Fsp3) is 0.833. The molecule has 2 heteroatoms. The van der Waals surface area contributed by atoms with Crippen molar-refractivity contribution in [2.24, 2.45) is 5.92 Å². The molecule has 0 aromatic carbocycles. The van der Waals surface area contributed by atoms with Gasteiger partial charge in [0.1, 0.15) is 0 Å². The second-order valence-electron chi connectivity index (χ2n) is 1.48. The summed E-state index contributed by atoms with van der Waals surface area (Å²) in [4.78, 5) is 10.8. The van der Waals surface area contributed by atoms with Crippen molar-refractivity contribution in [3.63, 3.8) is 0 Å². The average Bonchev–Trinajstić information content (AvgIpc) is 1.86. The van der Waals surface area contributed by atoms with Gasteiger partial charge in [-0.3, -0.25) is 4.79 Å². The van der Waals surface area contributed by atoms with E-state index in [1.807, 2.05) is 0 Å². The minimum atomic E-state index is -2.23. The standard InChI is InChI=1S/C6H12O2/c1-4-5(2)6(7)8-3/h5H,4H2,1-3H3/i2D3. The first kappa shape index (κ1) is 3.49. The van der Waals surface area contributed by atoms with Crippen LogP contribution in [-0.4, -0.2) is 13.1 Å². The molecular weight excluding hydrogens is 104 g/mol. The number of carbonyl (C=O) groups excluding carboxylic acids is 1. The van der Waals surface area contributed by atoms with Gasteiger partial charge in [0.2, 0.25) is 0 Å². The molecule has 1 atom stereocenters. The number of ether oxygens (including phenoxy) is 1. The number of carbonyl (C=O) groups is 1. The maximum Gasteiger partial charge on any atom is 0.308 e. The van der Waals surface area contributed by atoms with E-state index in [-0.39, 0.29) is 6.42 Å². The summed E-state index contributed by atoms with van der Waals surface area (Å²) in [6.45, 7) is -0.587. The van der Waals surface area contributed by atoms with E-state index in [2.05, 4.69) is 4.74 Å². The molecule has 0 N–H and O–H groups in total. The lowest BCUT2D eigenvalue weighted by Gasteiger charge is -2.02. The van der Waals surface area contributed by atoms with Crippen LogP contribution in [0.15, 0.2) is 0 Å². The summed E-state index contributed by atoms with van der Waals surface area (Å²) in [5.74, 6) is -1.64. The predicted octanol–water partition coefficient (Wildman–Crippen LogP) is 1.21. The molecule has 0 aliphatic heterocycles. The van der Waals surface area contributed by atoms with Crippen LogP contribution in [0.1, 0.15) is 24.3 Å². The van der Waals surface area contributed by atoms with E-state index < -0.39 is 18.7 Å². The maximum absolute atomic E-state index is 10.8. The van der Waals surface area contributed by atoms with Crippen LogP contribution in [0.3, 0.4) is 0 Å². The highest BCUT2D eigenvalue weighted by molar-refractivity contribution is 5.71. The normalized spacial score (nSPS) is 20.0. The molecule has 0 bridgehead atoms. The summed E-state index contributed by atoms with van der Waals surface area (Å²) in [6, 6.07) is 0. The molecule has 0 saturated carbocycles. The Hall–Kier alpha value is -0.530. The topological polar surface area (TPSA) is 26.3 Å². The smallest absolute Gasteiger partial charge is 0.308 e. The Morgan fingerprint density at radius 3 is 2.75 bits per heavy atom. The second-order valence-corrected chi connectivity index (χ2v) is 1.48. The third kappa shape index (κ3) is 1.96. The maximum atomic E-state index is 10.8. The minimum Gasteiger partial charge on any atom is -0.469 e. The second kappa shape index (κ2) is 3.47. The third-order valence-electron chi connectivity index (χ3n) is 0.894. The molecule has 48 valence electrons. The van der Waals surface area contributed by atoms with Gasteiger partial charge >= 0.3 is 5.97 Å². The molecule has 0 amide bonds. The van der Waals surface area contributed by atoms with Crippen LogP contribution in [0.4, 0.5) is 0 Å². The molecule has 1 unspecified atom stereocenters. The van der Waals surface area contributed by atoms with Crippen molar-refractivity contribution in [1.82, 2.24) is 0 Å². The van der Waals surface area contributed by atoms with Crippen LogP contribution in [0.5, 0.6) is 0 Å². The highest BCUT2D eigenvalue weighted by atomic mass is 16.5. The lowest BCUT2D eigenvalue weighted by atomic mass is 10.1. The number of hydrogen-bond donors (Lipinski definition) is 0. The summed E-state index contributed by atoms with van der Waals surface area (Å²) in [6.07, 6.45) is 0.281. The highest BCUT2D eigenvalue weighted by Crippen LogP contribution is 2.00. The van der Waals surface area contributed by atoms with E-state index in [0.717, 1.165) is 0 Å². The fourth-order valence-corrected chi connectivity index (χ4v) is 0.309. The van der Waals surface area contributed by atoms with E-state index in [9.17, 15) is 4.79 Å². The molecule has 0 aromatic heterocycles. The first-order valence-electron chi connectivity index (χ1n) is 4.01. The Kier molecular flexibility index (Phi) is 1.51. The molecule has 0 saturated heterocycles. The molecule has 0 heterocycles. The van der Waals surface area contributed by atoms with Gasteiger partial charge in [-0.05, 0) is 6.42 Å². The first-order valence-corrected chi connectivity index (χ1v) is 2.51. The van der Waals surface area contributed by atoms with E-state index >= 15 is 0 Å². The largest absolute Gasteiger partial charge is 0.469 e. The zero-order valence-corrected chi connectivity index (χ0v) is 5.10. The molecule has 0 aromatic rings.